The fraction of sp³-hybridized carbons (Fsp3) is 0.0417. The molecule has 0 fully saturated rings. The highest BCUT2D eigenvalue weighted by molar-refractivity contribution is 9.10. The summed E-state index contributed by atoms with van der Waals surface area (Å²) in [5.74, 6) is -0.318. The van der Waals surface area contributed by atoms with Crippen LogP contribution in [0.2, 0.25) is 0 Å². The largest absolute Gasteiger partial charge is 0.489 e. The number of nitrogens with one attached hydrogen (secondary N) is 1. The lowest BCUT2D eigenvalue weighted by Crippen LogP contribution is -2.18. The number of nitrogens with zero attached hydrogens (tertiary/aromatic N) is 3. The van der Waals surface area contributed by atoms with E-state index in [2.05, 4.69) is 31.4 Å². The number of nitro groups is 1. The standard InChI is InChI=1S/C24H17BrN4O4/c1-33-23-19(25)11-15(12-22(23)29(31)32)14-26-28-24(30)18-13-21(16-7-3-2-4-8-16)27-20-10-6-5-9-17(18)20/h2-14H,1H3,(H,28,30)/b26-14+. The number of hydrogen-bond acceptors (Lipinski definition) is 6. The molecule has 0 saturated carbocycles. The Balaban J connectivity index is 1.65. The van der Waals surface area contributed by atoms with Crippen LogP contribution in [0.1, 0.15) is 15.9 Å². The zero-order valence-corrected chi connectivity index (χ0v) is 18.9. The van der Waals surface area contributed by atoms with Gasteiger partial charge in [-0.2, -0.15) is 5.10 Å². The molecule has 4 rings (SSSR count). The summed E-state index contributed by atoms with van der Waals surface area (Å²) in [4.78, 5) is 28.4. The number of fused-ring (bicyclic) bond motifs is 1. The first-order valence-electron chi connectivity index (χ1n) is 9.78. The third kappa shape index (κ3) is 4.73. The number of amides is 1. The van der Waals surface area contributed by atoms with Crippen molar-refractivity contribution in [3.63, 3.8) is 0 Å². The average Bonchev–Trinajstić information content (AvgIpc) is 2.83. The molecule has 0 spiro atoms. The molecule has 4 aromatic rings. The van der Waals surface area contributed by atoms with Crippen LogP contribution in [0.15, 0.2) is 82.4 Å². The number of rotatable bonds is 6. The lowest BCUT2D eigenvalue weighted by Gasteiger charge is -2.09. The Hall–Kier alpha value is -4.11. The van der Waals surface area contributed by atoms with Gasteiger partial charge in [0.15, 0.2) is 0 Å². The molecule has 0 bridgehead atoms. The minimum atomic E-state index is -0.548. The van der Waals surface area contributed by atoms with Crippen LogP contribution < -0.4 is 10.2 Å². The van der Waals surface area contributed by atoms with E-state index >= 15 is 0 Å². The Morgan fingerprint density at radius 3 is 2.58 bits per heavy atom. The van der Waals surface area contributed by atoms with Crippen LogP contribution in [0.4, 0.5) is 5.69 Å². The van der Waals surface area contributed by atoms with Crippen LogP contribution in [0, 0.1) is 10.1 Å². The highest BCUT2D eigenvalue weighted by Gasteiger charge is 2.19. The van der Waals surface area contributed by atoms with E-state index in [1.165, 1.54) is 19.4 Å². The summed E-state index contributed by atoms with van der Waals surface area (Å²) in [5.41, 5.74) is 5.35. The van der Waals surface area contributed by atoms with E-state index in [1.54, 1.807) is 12.1 Å². The molecule has 8 nitrogen and oxygen atoms in total. The molecule has 1 amide bonds. The first-order chi connectivity index (χ1) is 16.0. The minimum absolute atomic E-state index is 0.109. The van der Waals surface area contributed by atoms with Gasteiger partial charge in [0.2, 0.25) is 5.75 Å². The van der Waals surface area contributed by atoms with E-state index in [0.717, 1.165) is 5.56 Å². The van der Waals surface area contributed by atoms with Crippen LogP contribution in [-0.2, 0) is 0 Å². The number of pyridine rings is 1. The van der Waals surface area contributed by atoms with Crippen molar-refractivity contribution in [3.8, 4) is 17.0 Å². The molecule has 1 heterocycles. The van der Waals surface area contributed by atoms with Crippen LogP contribution in [-0.4, -0.2) is 29.1 Å². The number of benzene rings is 3. The van der Waals surface area contributed by atoms with Gasteiger partial charge in [-0.3, -0.25) is 14.9 Å². The van der Waals surface area contributed by atoms with Crippen molar-refractivity contribution < 1.29 is 14.5 Å². The highest BCUT2D eigenvalue weighted by atomic mass is 79.9. The maximum absolute atomic E-state index is 13.0. The Morgan fingerprint density at radius 1 is 1.12 bits per heavy atom. The van der Waals surface area contributed by atoms with E-state index < -0.39 is 10.8 Å². The van der Waals surface area contributed by atoms with Gasteiger partial charge < -0.3 is 4.74 Å². The Labute approximate surface area is 197 Å². The molecule has 9 heteroatoms. The predicted molar refractivity (Wildman–Crippen MR) is 130 cm³/mol. The van der Waals surface area contributed by atoms with Gasteiger partial charge in [0.05, 0.1) is 39.5 Å². The van der Waals surface area contributed by atoms with Gasteiger partial charge in [-0.05, 0) is 34.1 Å². The first kappa shape index (κ1) is 22.1. The quantitative estimate of drug-likeness (QED) is 0.216. The maximum Gasteiger partial charge on any atom is 0.312 e. The number of halogens is 1. The smallest absolute Gasteiger partial charge is 0.312 e. The molecular weight excluding hydrogens is 488 g/mol. The number of para-hydroxylation sites is 1. The van der Waals surface area contributed by atoms with Gasteiger partial charge >= 0.3 is 5.69 Å². The molecule has 0 atom stereocenters. The number of methoxy groups -OCH3 is 1. The summed E-state index contributed by atoms with van der Waals surface area (Å²) in [6.07, 6.45) is 1.33. The molecular formula is C24H17BrN4O4. The lowest BCUT2D eigenvalue weighted by molar-refractivity contribution is -0.385. The molecule has 0 saturated heterocycles. The second kappa shape index (κ2) is 9.58. The number of hydrogen-bond donors (Lipinski definition) is 1. The summed E-state index contributed by atoms with van der Waals surface area (Å²) < 4.78 is 5.48. The summed E-state index contributed by atoms with van der Waals surface area (Å²) in [7, 11) is 1.35. The Bertz CT molecular complexity index is 1390. The van der Waals surface area contributed by atoms with Crippen LogP contribution in [0.25, 0.3) is 22.2 Å². The van der Waals surface area contributed by atoms with Crippen LogP contribution >= 0.6 is 15.9 Å². The third-order valence-corrected chi connectivity index (χ3v) is 5.45. The van der Waals surface area contributed by atoms with Crippen molar-refractivity contribution in [2.75, 3.05) is 7.11 Å². The van der Waals surface area contributed by atoms with Crippen molar-refractivity contribution >= 4 is 44.6 Å². The molecule has 1 aromatic heterocycles. The molecule has 0 unspecified atom stereocenters. The second-order valence-corrected chi connectivity index (χ2v) is 7.80. The molecule has 164 valence electrons. The van der Waals surface area contributed by atoms with Crippen molar-refractivity contribution in [3.05, 3.63) is 98.5 Å². The first-order valence-corrected chi connectivity index (χ1v) is 10.6. The van der Waals surface area contributed by atoms with Gasteiger partial charge in [0, 0.05) is 22.6 Å². The van der Waals surface area contributed by atoms with Crippen LogP contribution in [0.3, 0.4) is 0 Å². The van der Waals surface area contributed by atoms with Crippen molar-refractivity contribution in [1.29, 1.82) is 0 Å². The number of ether oxygens (including phenoxy) is 1. The fourth-order valence-electron chi connectivity index (χ4n) is 3.36. The van der Waals surface area contributed by atoms with Crippen molar-refractivity contribution in [2.45, 2.75) is 0 Å². The van der Waals surface area contributed by atoms with Gasteiger partial charge in [-0.1, -0.05) is 48.5 Å². The van der Waals surface area contributed by atoms with E-state index in [1.807, 2.05) is 54.6 Å². The Kier molecular flexibility index (Phi) is 6.41. The zero-order chi connectivity index (χ0) is 23.4. The normalized spacial score (nSPS) is 11.0. The topological polar surface area (TPSA) is 107 Å². The van der Waals surface area contributed by atoms with Crippen molar-refractivity contribution in [2.24, 2.45) is 5.10 Å². The highest BCUT2D eigenvalue weighted by Crippen LogP contribution is 2.35. The lowest BCUT2D eigenvalue weighted by atomic mass is 10.0. The number of aromatic nitrogens is 1. The third-order valence-electron chi connectivity index (χ3n) is 4.86. The van der Waals surface area contributed by atoms with Gasteiger partial charge in [-0.15, -0.1) is 0 Å². The molecule has 0 aliphatic carbocycles. The number of carbonyl (C=O) groups is 1. The summed E-state index contributed by atoms with van der Waals surface area (Å²) in [6.45, 7) is 0. The molecule has 1 N–H and O–H groups in total. The van der Waals surface area contributed by atoms with Crippen molar-refractivity contribution in [1.82, 2.24) is 10.4 Å². The summed E-state index contributed by atoms with van der Waals surface area (Å²) in [6, 6.07) is 21.6. The van der Waals surface area contributed by atoms with E-state index in [9.17, 15) is 14.9 Å². The molecule has 0 radical (unpaired) electrons. The SMILES string of the molecule is COc1c(Br)cc(/C=N/NC(=O)c2cc(-c3ccccc3)nc3ccccc23)cc1[N+](=O)[O-]. The molecule has 3 aromatic carbocycles. The molecule has 0 aliphatic heterocycles. The average molecular weight is 505 g/mol. The number of hydrazone groups is 1. The fourth-order valence-corrected chi connectivity index (χ4v) is 3.99. The predicted octanol–water partition coefficient (Wildman–Crippen LogP) is 5.35. The van der Waals surface area contributed by atoms with Gasteiger partial charge in [0.25, 0.3) is 5.91 Å². The van der Waals surface area contributed by atoms with E-state index in [-0.39, 0.29) is 11.4 Å². The molecule has 0 aliphatic rings. The van der Waals surface area contributed by atoms with Crippen LogP contribution in [0.5, 0.6) is 5.75 Å². The monoisotopic (exact) mass is 504 g/mol. The second-order valence-electron chi connectivity index (χ2n) is 6.95. The summed E-state index contributed by atoms with van der Waals surface area (Å²) in [5, 5.41) is 16.0. The van der Waals surface area contributed by atoms with E-state index in [0.29, 0.717) is 32.2 Å². The van der Waals surface area contributed by atoms with Gasteiger partial charge in [-0.25, -0.2) is 10.4 Å². The summed E-state index contributed by atoms with van der Waals surface area (Å²) >= 11 is 3.26. The Morgan fingerprint density at radius 2 is 1.85 bits per heavy atom. The molecule has 33 heavy (non-hydrogen) atoms. The van der Waals surface area contributed by atoms with E-state index in [4.69, 9.17) is 4.74 Å². The number of nitro benzene ring substituents is 1. The van der Waals surface area contributed by atoms with Gasteiger partial charge in [0.1, 0.15) is 0 Å². The maximum atomic E-state index is 13.0. The zero-order valence-electron chi connectivity index (χ0n) is 17.4. The minimum Gasteiger partial charge on any atom is -0.489 e. The number of carbonyl (C=O) groups excluding carboxylic acids is 1.